The minimum atomic E-state index is -1.45. The maximum absolute atomic E-state index is 14.9. The molecular weight excluding hydrogens is 540 g/mol. The van der Waals surface area contributed by atoms with Crippen LogP contribution in [0.25, 0.3) is 0 Å². The lowest BCUT2D eigenvalue weighted by Crippen LogP contribution is -2.59. The Balaban J connectivity index is 2.04. The summed E-state index contributed by atoms with van der Waals surface area (Å²) in [4.78, 5) is 49.3. The topological polar surface area (TPSA) is 104 Å². The summed E-state index contributed by atoms with van der Waals surface area (Å²) in [5, 5.41) is 6.75. The van der Waals surface area contributed by atoms with Crippen molar-refractivity contribution in [3.8, 4) is 5.75 Å². The van der Waals surface area contributed by atoms with Crippen molar-refractivity contribution in [1.29, 1.82) is 0 Å². The first-order valence-electron chi connectivity index (χ1n) is 13.6. The standard InChI is InChI=1S/C31H40N4O5S/c1-28(2,3)21-12-11-20(17-22(21)39-8)25(36)35-23(24-32-14-16-41-24)30(7,27(38)40-9)18-31(35,26(37)29(4,5)6)19-34-15-10-13-33-34/h10-17,23H,18-19H2,1-9H3. The van der Waals surface area contributed by atoms with E-state index < -0.39 is 34.3 Å². The number of carbonyl (C=O) groups is 3. The van der Waals surface area contributed by atoms with Crippen LogP contribution in [0.5, 0.6) is 5.75 Å². The normalized spacial score (nSPS) is 23.0. The van der Waals surface area contributed by atoms with Gasteiger partial charge in [-0.1, -0.05) is 47.6 Å². The van der Waals surface area contributed by atoms with Crippen molar-refractivity contribution in [3.05, 3.63) is 64.4 Å². The lowest BCUT2D eigenvalue weighted by atomic mass is 9.71. The van der Waals surface area contributed by atoms with Crippen LogP contribution < -0.4 is 4.74 Å². The summed E-state index contributed by atoms with van der Waals surface area (Å²) in [6.07, 6.45) is 5.06. The lowest BCUT2D eigenvalue weighted by molar-refractivity contribution is -0.153. The number of hydrogen-bond donors (Lipinski definition) is 0. The molecule has 0 bridgehead atoms. The molecule has 0 aliphatic carbocycles. The zero-order valence-electron chi connectivity index (χ0n) is 25.3. The molecular formula is C31H40N4O5S. The summed E-state index contributed by atoms with van der Waals surface area (Å²) in [7, 11) is 2.90. The number of ketones is 1. The van der Waals surface area contributed by atoms with E-state index in [2.05, 4.69) is 30.9 Å². The van der Waals surface area contributed by atoms with E-state index in [1.807, 2.05) is 26.8 Å². The lowest BCUT2D eigenvalue weighted by Gasteiger charge is -2.42. The van der Waals surface area contributed by atoms with Crippen LogP contribution in [-0.4, -0.2) is 57.1 Å². The average molecular weight is 581 g/mol. The Morgan fingerprint density at radius 3 is 2.32 bits per heavy atom. The second-order valence-electron chi connectivity index (χ2n) is 13.0. The van der Waals surface area contributed by atoms with Gasteiger partial charge in [0.15, 0.2) is 5.78 Å². The van der Waals surface area contributed by atoms with E-state index in [1.54, 1.807) is 65.8 Å². The molecule has 2 aromatic heterocycles. The molecule has 4 rings (SSSR count). The van der Waals surface area contributed by atoms with Gasteiger partial charge in [0.25, 0.3) is 5.91 Å². The van der Waals surface area contributed by atoms with Gasteiger partial charge in [-0.3, -0.25) is 19.1 Å². The van der Waals surface area contributed by atoms with Crippen molar-refractivity contribution in [3.63, 3.8) is 0 Å². The molecule has 9 nitrogen and oxygen atoms in total. The van der Waals surface area contributed by atoms with E-state index in [0.717, 1.165) is 5.56 Å². The molecule has 3 aromatic rings. The number of carbonyl (C=O) groups excluding carboxylic acids is 3. The number of nitrogens with zero attached hydrogens (tertiary/aromatic N) is 4. The third kappa shape index (κ3) is 5.29. The molecule has 10 heteroatoms. The molecule has 3 atom stereocenters. The van der Waals surface area contributed by atoms with E-state index >= 15 is 0 Å². The molecule has 1 aromatic carbocycles. The summed E-state index contributed by atoms with van der Waals surface area (Å²) in [5.41, 5.74) is -2.50. The highest BCUT2D eigenvalue weighted by Gasteiger charge is 2.68. The van der Waals surface area contributed by atoms with Crippen LogP contribution >= 0.6 is 11.3 Å². The predicted octanol–water partition coefficient (Wildman–Crippen LogP) is 5.47. The highest BCUT2D eigenvalue weighted by atomic mass is 32.1. The minimum Gasteiger partial charge on any atom is -0.496 e. The first-order chi connectivity index (χ1) is 19.1. The van der Waals surface area contributed by atoms with Gasteiger partial charge in [0, 0.05) is 34.9 Å². The van der Waals surface area contributed by atoms with Crippen molar-refractivity contribution in [2.45, 2.75) is 78.4 Å². The smallest absolute Gasteiger partial charge is 0.314 e. The molecule has 1 amide bonds. The second-order valence-corrected chi connectivity index (χ2v) is 13.9. The molecule has 1 fully saturated rings. The number of aromatic nitrogens is 3. The maximum atomic E-state index is 14.9. The zero-order valence-corrected chi connectivity index (χ0v) is 26.2. The van der Waals surface area contributed by atoms with Gasteiger partial charge in [0.2, 0.25) is 0 Å². The molecule has 0 saturated carbocycles. The Kier molecular flexibility index (Phi) is 7.94. The molecule has 1 aliphatic rings. The Hall–Kier alpha value is -3.53. The molecule has 1 aliphatic heterocycles. The van der Waals surface area contributed by atoms with Gasteiger partial charge in [-0.2, -0.15) is 5.10 Å². The average Bonchev–Trinajstić information content (AvgIpc) is 3.67. The summed E-state index contributed by atoms with van der Waals surface area (Å²) < 4.78 is 12.7. The fourth-order valence-electron chi connectivity index (χ4n) is 6.14. The highest BCUT2D eigenvalue weighted by molar-refractivity contribution is 7.09. The highest BCUT2D eigenvalue weighted by Crippen LogP contribution is 2.58. The van der Waals surface area contributed by atoms with E-state index in [4.69, 9.17) is 9.47 Å². The van der Waals surface area contributed by atoms with Crippen LogP contribution in [0.2, 0.25) is 0 Å². The molecule has 3 heterocycles. The quantitative estimate of drug-likeness (QED) is 0.342. The van der Waals surface area contributed by atoms with Gasteiger partial charge < -0.3 is 14.4 Å². The van der Waals surface area contributed by atoms with Gasteiger partial charge in [-0.05, 0) is 42.5 Å². The zero-order chi connectivity index (χ0) is 30.4. The van der Waals surface area contributed by atoms with E-state index in [-0.39, 0.29) is 24.2 Å². The predicted molar refractivity (Wildman–Crippen MR) is 157 cm³/mol. The summed E-state index contributed by atoms with van der Waals surface area (Å²) in [5.74, 6) is -0.522. The first-order valence-corrected chi connectivity index (χ1v) is 14.5. The fourth-order valence-corrected chi connectivity index (χ4v) is 7.02. The van der Waals surface area contributed by atoms with Gasteiger partial charge in [0.1, 0.15) is 22.3 Å². The second kappa shape index (κ2) is 10.7. The maximum Gasteiger partial charge on any atom is 0.314 e. The van der Waals surface area contributed by atoms with E-state index in [1.165, 1.54) is 18.4 Å². The number of methoxy groups -OCH3 is 2. The van der Waals surface area contributed by atoms with Crippen LogP contribution in [0.3, 0.4) is 0 Å². The molecule has 0 N–H and O–H groups in total. The van der Waals surface area contributed by atoms with Gasteiger partial charge in [-0.15, -0.1) is 11.3 Å². The summed E-state index contributed by atoms with van der Waals surface area (Å²) >= 11 is 1.34. The van der Waals surface area contributed by atoms with Gasteiger partial charge in [0.05, 0.1) is 26.2 Å². The number of thiazole rings is 1. The molecule has 0 spiro atoms. The molecule has 3 unspecified atom stereocenters. The SMILES string of the molecule is COC(=O)C1(C)CC(Cn2cccn2)(C(=O)C(C)(C)C)N(C(=O)c2ccc(C(C)(C)C)c(OC)c2)C1c1nccs1. The number of amides is 1. The van der Waals surface area contributed by atoms with Crippen molar-refractivity contribution in [2.24, 2.45) is 10.8 Å². The Morgan fingerprint density at radius 1 is 1.10 bits per heavy atom. The Morgan fingerprint density at radius 2 is 1.80 bits per heavy atom. The van der Waals surface area contributed by atoms with Crippen LogP contribution in [0, 0.1) is 10.8 Å². The molecule has 0 radical (unpaired) electrons. The number of Topliss-reactive ketones (excluding diaryl/α,β-unsaturated/α-hetero) is 1. The molecule has 1 saturated heterocycles. The summed E-state index contributed by atoms with van der Waals surface area (Å²) in [6, 6.07) is 6.27. The van der Waals surface area contributed by atoms with Crippen molar-refractivity contribution < 1.29 is 23.9 Å². The molecule has 220 valence electrons. The first kappa shape index (κ1) is 30.4. The Labute approximate surface area is 245 Å². The summed E-state index contributed by atoms with van der Waals surface area (Å²) in [6.45, 7) is 13.5. The van der Waals surface area contributed by atoms with Crippen LogP contribution in [0.4, 0.5) is 0 Å². The fraction of sp³-hybridized carbons (Fsp3) is 0.516. The number of rotatable bonds is 7. The number of likely N-dealkylation sites (tertiary alicyclic amines) is 1. The van der Waals surface area contributed by atoms with Crippen LogP contribution in [0.1, 0.15) is 81.9 Å². The Bertz CT molecular complexity index is 1420. The third-order valence-corrected chi connectivity index (χ3v) is 8.71. The van der Waals surface area contributed by atoms with E-state index in [9.17, 15) is 14.4 Å². The molecule has 41 heavy (non-hydrogen) atoms. The van der Waals surface area contributed by atoms with Crippen molar-refractivity contribution >= 4 is 29.0 Å². The largest absolute Gasteiger partial charge is 0.496 e. The van der Waals surface area contributed by atoms with E-state index in [0.29, 0.717) is 16.3 Å². The minimum absolute atomic E-state index is 0.0375. The van der Waals surface area contributed by atoms with Crippen molar-refractivity contribution in [2.75, 3.05) is 14.2 Å². The number of ether oxygens (including phenoxy) is 2. The van der Waals surface area contributed by atoms with Gasteiger partial charge in [-0.25, -0.2) is 4.98 Å². The monoisotopic (exact) mass is 580 g/mol. The van der Waals surface area contributed by atoms with Crippen LogP contribution in [0.15, 0.2) is 48.2 Å². The third-order valence-electron chi connectivity index (χ3n) is 7.88. The van der Waals surface area contributed by atoms with Gasteiger partial charge >= 0.3 is 5.97 Å². The van der Waals surface area contributed by atoms with Crippen LogP contribution in [-0.2, 0) is 26.3 Å². The van der Waals surface area contributed by atoms with Crippen molar-refractivity contribution in [1.82, 2.24) is 19.7 Å². The number of esters is 1. The number of benzene rings is 1. The number of hydrogen-bond acceptors (Lipinski definition) is 8.